The zero-order chi connectivity index (χ0) is 38.7. The van der Waals surface area contributed by atoms with Crippen LogP contribution in [0.5, 0.6) is 0 Å². The van der Waals surface area contributed by atoms with Crippen molar-refractivity contribution in [1.82, 2.24) is 9.97 Å². The molecule has 0 aliphatic heterocycles. The summed E-state index contributed by atoms with van der Waals surface area (Å²) in [6.45, 7) is 11.1. The number of nitrogens with zero attached hydrogens (tertiary/aromatic N) is 2. The van der Waals surface area contributed by atoms with Gasteiger partial charge in [-0.1, -0.05) is 91.9 Å². The van der Waals surface area contributed by atoms with Gasteiger partial charge in [-0.2, -0.15) is 0 Å². The fraction of sp³-hybridized carbons (Fsp3) is 0.333. The number of rotatable bonds is 8. The molecule has 3 aromatic heterocycles. The largest absolute Gasteiger partial charge is 0.501 e. The first kappa shape index (κ1) is 41.8. The molecule has 56 heavy (non-hydrogen) atoms. The van der Waals surface area contributed by atoms with Crippen LogP contribution in [-0.2, 0) is 32.9 Å². The molecule has 0 amide bonds. The molecule has 0 unspecified atom stereocenters. The minimum atomic E-state index is -1.86. The van der Waals surface area contributed by atoms with Gasteiger partial charge in [-0.25, -0.2) is 0 Å². The number of fused-ring (bicyclic) bond motifs is 3. The molecule has 0 spiro atoms. The fourth-order valence-electron chi connectivity index (χ4n) is 8.54. The van der Waals surface area contributed by atoms with E-state index in [2.05, 4.69) is 137 Å². The van der Waals surface area contributed by atoms with Crippen LogP contribution < -0.4 is 4.40 Å². The van der Waals surface area contributed by atoms with Gasteiger partial charge in [0.25, 0.3) is 0 Å². The first-order chi connectivity index (χ1) is 26.5. The minimum absolute atomic E-state index is 0. The van der Waals surface area contributed by atoms with Crippen molar-refractivity contribution in [3.8, 4) is 33.6 Å². The van der Waals surface area contributed by atoms with Crippen molar-refractivity contribution in [1.29, 1.82) is 0 Å². The van der Waals surface area contributed by atoms with Crippen LogP contribution in [0.25, 0.3) is 55.6 Å². The van der Waals surface area contributed by atoms with E-state index < -0.39 is 13.3 Å². The second-order valence-corrected chi connectivity index (χ2v) is 27.8. The topological polar surface area (TPSA) is 38.9 Å². The quantitative estimate of drug-likeness (QED) is 0.113. The van der Waals surface area contributed by atoms with E-state index in [0.29, 0.717) is 5.92 Å². The molecular weight excluding hydrogens is 921 g/mol. The predicted octanol–water partition coefficient (Wildman–Crippen LogP) is 13.5. The smallest absolute Gasteiger partial charge is 0.121 e. The van der Waals surface area contributed by atoms with Crippen LogP contribution in [0.2, 0.25) is 17.3 Å². The Kier molecular flexibility index (Phi) is 13.6. The molecule has 1 fully saturated rings. The number of pyridine rings is 2. The van der Waals surface area contributed by atoms with Gasteiger partial charge in [-0.3, -0.25) is 0 Å². The summed E-state index contributed by atoms with van der Waals surface area (Å²) in [6, 6.07) is 36.8. The van der Waals surface area contributed by atoms with Crippen molar-refractivity contribution >= 4 is 39.6 Å². The zero-order valence-electron chi connectivity index (χ0n) is 34.5. The summed E-state index contributed by atoms with van der Waals surface area (Å²) in [5.74, 6) is 8.79. The Morgan fingerprint density at radius 3 is 2.27 bits per heavy atom. The molecule has 1 radical (unpaired) electrons. The molecule has 4 aromatic carbocycles. The molecule has 0 N–H and O–H groups in total. The summed E-state index contributed by atoms with van der Waals surface area (Å²) in [6.07, 6.45) is 13.2. The van der Waals surface area contributed by atoms with E-state index in [0.717, 1.165) is 57.8 Å². The molecule has 0 saturated heterocycles. The van der Waals surface area contributed by atoms with Crippen LogP contribution in [0.4, 0.5) is 0 Å². The third kappa shape index (κ3) is 9.47. The maximum atomic E-state index is 6.58. The molecule has 7 aromatic rings. The van der Waals surface area contributed by atoms with E-state index in [9.17, 15) is 0 Å². The second kappa shape index (κ2) is 18.2. The Bertz CT molecular complexity index is 2400. The van der Waals surface area contributed by atoms with Gasteiger partial charge in [0.15, 0.2) is 0 Å². The maximum Gasteiger partial charge on any atom is 0.121 e. The van der Waals surface area contributed by atoms with Gasteiger partial charge in [0.2, 0.25) is 0 Å². The van der Waals surface area contributed by atoms with Crippen LogP contribution >= 0.6 is 0 Å². The van der Waals surface area contributed by atoms with Crippen molar-refractivity contribution in [3.63, 3.8) is 0 Å². The van der Waals surface area contributed by atoms with Gasteiger partial charge in [0.05, 0.1) is 5.58 Å². The SMILES string of the molecule is CC(C)Cc1cc(-c2[c-]cccc2)nc[c]1[Ge]([CH3])([CH3])[CH3].Cc1cccc(C)c1-c1ccc2c(c1)oc1c(-c3cc(CC4CCCCC4)ccn3)[c-]cc(C)c12.[Ir]. The molecule has 0 bridgehead atoms. The second-order valence-electron chi connectivity index (χ2n) is 17.2. The first-order valence-electron chi connectivity index (χ1n) is 20.3. The molecule has 1 aliphatic carbocycles. The molecule has 3 heterocycles. The van der Waals surface area contributed by atoms with E-state index in [1.165, 1.54) is 76.4 Å². The van der Waals surface area contributed by atoms with Gasteiger partial charge in [-0.15, -0.1) is 17.7 Å². The van der Waals surface area contributed by atoms with E-state index in [-0.39, 0.29) is 20.1 Å². The maximum absolute atomic E-state index is 6.58. The molecule has 5 heteroatoms. The number of hydrogen-bond acceptors (Lipinski definition) is 3. The summed E-state index contributed by atoms with van der Waals surface area (Å²) < 4.78 is 8.12. The van der Waals surface area contributed by atoms with Crippen molar-refractivity contribution in [2.45, 2.75) is 96.8 Å². The predicted molar refractivity (Wildman–Crippen MR) is 236 cm³/mol. The van der Waals surface area contributed by atoms with Crippen LogP contribution in [-0.4, -0.2) is 23.2 Å². The van der Waals surface area contributed by atoms with E-state index >= 15 is 0 Å². The Morgan fingerprint density at radius 1 is 0.804 bits per heavy atom. The molecule has 0 atom stereocenters. The van der Waals surface area contributed by atoms with Crippen LogP contribution in [0.15, 0.2) is 102 Å². The van der Waals surface area contributed by atoms with Gasteiger partial charge in [0, 0.05) is 31.7 Å². The van der Waals surface area contributed by atoms with E-state index in [4.69, 9.17) is 14.4 Å². The van der Waals surface area contributed by atoms with Gasteiger partial charge < -0.3 is 9.40 Å². The molecule has 291 valence electrons. The fourth-order valence-corrected chi connectivity index (χ4v) is 11.9. The summed E-state index contributed by atoms with van der Waals surface area (Å²) in [7, 11) is 0. The van der Waals surface area contributed by atoms with Gasteiger partial charge in [0.1, 0.15) is 5.58 Å². The Labute approximate surface area is 351 Å². The first-order valence-corrected chi connectivity index (χ1v) is 27.7. The minimum Gasteiger partial charge on any atom is -0.501 e. The molecule has 3 nitrogen and oxygen atoms in total. The average molecular weight is 978 g/mol. The summed E-state index contributed by atoms with van der Waals surface area (Å²) >= 11 is -1.86. The summed E-state index contributed by atoms with van der Waals surface area (Å²) in [5.41, 5.74) is 15.0. The van der Waals surface area contributed by atoms with E-state index in [1.54, 1.807) is 4.40 Å². The number of aromatic nitrogens is 2. The Morgan fingerprint density at radius 2 is 1.57 bits per heavy atom. The molecule has 1 saturated carbocycles. The Hall–Kier alpha value is -3.83. The molecule has 1 aliphatic rings. The van der Waals surface area contributed by atoms with Gasteiger partial charge >= 0.3 is 126 Å². The van der Waals surface area contributed by atoms with E-state index in [1.807, 2.05) is 24.4 Å². The standard InChI is InChI=1S/C33H32NO.C18H24GeN.Ir/c1-21-8-7-9-22(2)31(21)26-13-15-28-30(20-26)35-33-27(14-12-23(3)32(28)33)29-19-25(16-17-34-29)18-24-10-5-4-6-11-24;1-14(2)11-16-12-18(15-9-7-6-8-10-15)20-13-17(16)19(3,4)5;/h7-9,12-13,15-17,19-20,24H,4-6,10-11,18H2,1-3H3;6-9,12-14H,11H2,1-5H3;/q2*-1;. The monoisotopic (exact) mass is 979 g/mol. The van der Waals surface area contributed by atoms with Crippen LogP contribution in [0, 0.1) is 44.7 Å². The van der Waals surface area contributed by atoms with Crippen LogP contribution in [0.1, 0.15) is 73.8 Å². The van der Waals surface area contributed by atoms with Crippen molar-refractivity contribution in [2.75, 3.05) is 0 Å². The molecule has 8 rings (SSSR count). The van der Waals surface area contributed by atoms with Gasteiger partial charge in [-0.05, 0) is 66.3 Å². The number of aryl methyl sites for hydroxylation is 3. The third-order valence-corrected chi connectivity index (χ3v) is 15.6. The van der Waals surface area contributed by atoms with Crippen molar-refractivity contribution in [3.05, 3.63) is 137 Å². The summed E-state index contributed by atoms with van der Waals surface area (Å²) in [5, 5.41) is 2.32. The number of benzene rings is 4. The van der Waals surface area contributed by atoms with Crippen molar-refractivity contribution in [2.24, 2.45) is 11.8 Å². The zero-order valence-corrected chi connectivity index (χ0v) is 39.0. The normalized spacial score (nSPS) is 13.4. The van der Waals surface area contributed by atoms with Crippen molar-refractivity contribution < 1.29 is 24.5 Å². The van der Waals surface area contributed by atoms with Crippen LogP contribution in [0.3, 0.4) is 0 Å². The molecular formula is C51H56GeIrN2O-2. The average Bonchev–Trinajstić information content (AvgIpc) is 3.55. The third-order valence-electron chi connectivity index (χ3n) is 11.3. The Balaban J connectivity index is 0.000000217. The number of furan rings is 1. The number of hydrogen-bond donors (Lipinski definition) is 0. The summed E-state index contributed by atoms with van der Waals surface area (Å²) in [4.78, 5) is 9.45.